The molecule has 2 aromatic rings. The van der Waals surface area contributed by atoms with Crippen molar-refractivity contribution in [2.24, 2.45) is 0 Å². The van der Waals surface area contributed by atoms with Crippen LogP contribution >= 0.6 is 0 Å². The summed E-state index contributed by atoms with van der Waals surface area (Å²) in [6.07, 6.45) is 1.48. The fourth-order valence-corrected chi connectivity index (χ4v) is 2.38. The highest BCUT2D eigenvalue weighted by Gasteiger charge is 2.20. The van der Waals surface area contributed by atoms with Crippen molar-refractivity contribution in [1.82, 2.24) is 0 Å². The summed E-state index contributed by atoms with van der Waals surface area (Å²) in [6.45, 7) is 2.07. The number of ether oxygens (including phenoxy) is 3. The van der Waals surface area contributed by atoms with Gasteiger partial charge in [-0.1, -0.05) is 17.7 Å². The van der Waals surface area contributed by atoms with Gasteiger partial charge in [-0.05, 0) is 42.8 Å². The van der Waals surface area contributed by atoms with Crippen molar-refractivity contribution in [3.8, 4) is 23.3 Å². The molecule has 1 heterocycles. The minimum Gasteiger partial charge on any atom is -0.493 e. The molecule has 0 atom stereocenters. The van der Waals surface area contributed by atoms with Crippen LogP contribution in [0.4, 0.5) is 5.69 Å². The highest BCUT2D eigenvalue weighted by molar-refractivity contribution is 6.09. The molecule has 0 saturated carbocycles. The third-order valence-electron chi connectivity index (χ3n) is 3.67. The number of methoxy groups -OCH3 is 1. The number of aryl methyl sites for hydroxylation is 1. The van der Waals surface area contributed by atoms with E-state index in [-0.39, 0.29) is 12.4 Å². The van der Waals surface area contributed by atoms with Crippen LogP contribution in [0.5, 0.6) is 17.2 Å². The average Bonchev–Trinajstić information content (AvgIpc) is 3.09. The molecule has 126 valence electrons. The van der Waals surface area contributed by atoms with E-state index in [2.05, 4.69) is 5.32 Å². The maximum Gasteiger partial charge on any atom is 0.266 e. The van der Waals surface area contributed by atoms with Crippen LogP contribution in [0.2, 0.25) is 0 Å². The van der Waals surface area contributed by atoms with Crippen LogP contribution in [-0.2, 0) is 4.79 Å². The molecular weight excluding hydrogens is 320 g/mol. The van der Waals surface area contributed by atoms with Gasteiger partial charge in [-0.3, -0.25) is 4.79 Å². The number of nitrogens with one attached hydrogen (secondary N) is 1. The Morgan fingerprint density at radius 1 is 1.28 bits per heavy atom. The second-order valence-corrected chi connectivity index (χ2v) is 5.45. The number of carbonyl (C=O) groups excluding carboxylic acids is 1. The molecule has 0 spiro atoms. The lowest BCUT2D eigenvalue weighted by molar-refractivity contribution is -0.112. The maximum absolute atomic E-state index is 12.3. The molecule has 6 heteroatoms. The first-order chi connectivity index (χ1) is 12.1. The van der Waals surface area contributed by atoms with E-state index >= 15 is 0 Å². The van der Waals surface area contributed by atoms with Gasteiger partial charge >= 0.3 is 0 Å². The summed E-state index contributed by atoms with van der Waals surface area (Å²) in [6, 6.07) is 12.6. The predicted octanol–water partition coefficient (Wildman–Crippen LogP) is 3.28. The summed E-state index contributed by atoms with van der Waals surface area (Å²) >= 11 is 0. The Labute approximate surface area is 145 Å². The van der Waals surface area contributed by atoms with Crippen LogP contribution < -0.4 is 19.5 Å². The summed E-state index contributed by atoms with van der Waals surface area (Å²) < 4.78 is 15.9. The summed E-state index contributed by atoms with van der Waals surface area (Å²) in [4.78, 5) is 12.3. The molecule has 0 aromatic heterocycles. The topological polar surface area (TPSA) is 80.6 Å². The van der Waals surface area contributed by atoms with Gasteiger partial charge in [0, 0.05) is 5.69 Å². The molecule has 0 aliphatic carbocycles. The number of fused-ring (bicyclic) bond motifs is 1. The van der Waals surface area contributed by atoms with E-state index in [4.69, 9.17) is 14.2 Å². The standard InChI is InChI=1S/C19H16N2O4/c1-12-3-5-15(6-4-12)21-19(22)14(10-20)7-13-8-16(23-2)18-17(9-13)24-11-25-18/h3-9H,11H2,1-2H3,(H,21,22)/b14-7+. The van der Waals surface area contributed by atoms with E-state index in [1.54, 1.807) is 24.3 Å². The minimum atomic E-state index is -0.483. The third-order valence-corrected chi connectivity index (χ3v) is 3.67. The Balaban J connectivity index is 1.86. The average molecular weight is 336 g/mol. The van der Waals surface area contributed by atoms with Crippen LogP contribution in [0.25, 0.3) is 6.08 Å². The quantitative estimate of drug-likeness (QED) is 0.684. The summed E-state index contributed by atoms with van der Waals surface area (Å²) in [5.74, 6) is 1.03. The number of hydrogen-bond acceptors (Lipinski definition) is 5. The summed E-state index contributed by atoms with van der Waals surface area (Å²) in [5, 5.41) is 12.0. The van der Waals surface area contributed by atoms with E-state index in [1.165, 1.54) is 13.2 Å². The zero-order chi connectivity index (χ0) is 17.8. The third kappa shape index (κ3) is 3.56. The number of carbonyl (C=O) groups is 1. The number of amides is 1. The van der Waals surface area contributed by atoms with Crippen LogP contribution in [0.3, 0.4) is 0 Å². The second-order valence-electron chi connectivity index (χ2n) is 5.45. The van der Waals surface area contributed by atoms with Crippen LogP contribution in [0.15, 0.2) is 42.0 Å². The Hall–Kier alpha value is -3.46. The van der Waals surface area contributed by atoms with Gasteiger partial charge in [0.25, 0.3) is 5.91 Å². The zero-order valence-corrected chi connectivity index (χ0v) is 13.8. The van der Waals surface area contributed by atoms with Crippen LogP contribution in [0, 0.1) is 18.3 Å². The number of hydrogen-bond donors (Lipinski definition) is 1. The Morgan fingerprint density at radius 2 is 2.04 bits per heavy atom. The minimum absolute atomic E-state index is 0.0264. The van der Waals surface area contributed by atoms with E-state index in [9.17, 15) is 10.1 Å². The lowest BCUT2D eigenvalue weighted by Crippen LogP contribution is -2.13. The smallest absolute Gasteiger partial charge is 0.266 e. The first-order valence-electron chi connectivity index (χ1n) is 7.58. The molecule has 0 saturated heterocycles. The van der Waals surface area contributed by atoms with Crippen LogP contribution in [0.1, 0.15) is 11.1 Å². The van der Waals surface area contributed by atoms with E-state index in [1.807, 2.05) is 25.1 Å². The number of nitrogens with zero attached hydrogens (tertiary/aromatic N) is 1. The van der Waals surface area contributed by atoms with Crippen molar-refractivity contribution >= 4 is 17.7 Å². The monoisotopic (exact) mass is 336 g/mol. The summed E-state index contributed by atoms with van der Waals surface area (Å²) in [7, 11) is 1.51. The van der Waals surface area contributed by atoms with Crippen molar-refractivity contribution < 1.29 is 19.0 Å². The van der Waals surface area contributed by atoms with E-state index in [0.29, 0.717) is 28.5 Å². The maximum atomic E-state index is 12.3. The molecule has 0 unspecified atom stereocenters. The molecular formula is C19H16N2O4. The normalized spacial score (nSPS) is 12.4. The molecule has 2 aromatic carbocycles. The Kier molecular flexibility index (Phi) is 4.57. The SMILES string of the molecule is COc1cc(/C=C(\C#N)C(=O)Nc2ccc(C)cc2)cc2c1OCO2. The van der Waals surface area contributed by atoms with Gasteiger partial charge < -0.3 is 19.5 Å². The van der Waals surface area contributed by atoms with Crippen molar-refractivity contribution in [2.75, 3.05) is 19.2 Å². The Bertz CT molecular complexity index is 880. The molecule has 6 nitrogen and oxygen atoms in total. The van der Waals surface area contributed by atoms with Crippen molar-refractivity contribution in [3.63, 3.8) is 0 Å². The molecule has 1 N–H and O–H groups in total. The first kappa shape index (κ1) is 16.4. The van der Waals surface area contributed by atoms with Crippen molar-refractivity contribution in [2.45, 2.75) is 6.92 Å². The number of benzene rings is 2. The van der Waals surface area contributed by atoms with Crippen molar-refractivity contribution in [3.05, 3.63) is 53.1 Å². The van der Waals surface area contributed by atoms with Crippen LogP contribution in [-0.4, -0.2) is 19.8 Å². The van der Waals surface area contributed by atoms with Crippen molar-refractivity contribution in [1.29, 1.82) is 5.26 Å². The molecule has 0 bridgehead atoms. The molecule has 0 radical (unpaired) electrons. The van der Waals surface area contributed by atoms with Gasteiger partial charge in [-0.15, -0.1) is 0 Å². The van der Waals surface area contributed by atoms with E-state index < -0.39 is 5.91 Å². The van der Waals surface area contributed by atoms with Gasteiger partial charge in [0.15, 0.2) is 11.5 Å². The van der Waals surface area contributed by atoms with Gasteiger partial charge in [0.1, 0.15) is 11.6 Å². The molecule has 3 rings (SSSR count). The lowest BCUT2D eigenvalue weighted by Gasteiger charge is -2.07. The fourth-order valence-electron chi connectivity index (χ4n) is 2.38. The molecule has 1 aliphatic heterocycles. The number of rotatable bonds is 4. The fraction of sp³-hybridized carbons (Fsp3) is 0.158. The lowest BCUT2D eigenvalue weighted by atomic mass is 10.1. The number of nitriles is 1. The Morgan fingerprint density at radius 3 is 2.72 bits per heavy atom. The van der Waals surface area contributed by atoms with E-state index in [0.717, 1.165) is 5.56 Å². The first-order valence-corrected chi connectivity index (χ1v) is 7.58. The van der Waals surface area contributed by atoms with Gasteiger partial charge in [-0.2, -0.15) is 5.26 Å². The summed E-state index contributed by atoms with van der Waals surface area (Å²) in [5.41, 5.74) is 2.29. The molecule has 25 heavy (non-hydrogen) atoms. The molecule has 1 amide bonds. The second kappa shape index (κ2) is 6.97. The number of anilines is 1. The molecule has 0 fully saturated rings. The molecule has 1 aliphatic rings. The highest BCUT2D eigenvalue weighted by atomic mass is 16.7. The predicted molar refractivity (Wildman–Crippen MR) is 92.5 cm³/mol. The largest absolute Gasteiger partial charge is 0.493 e. The van der Waals surface area contributed by atoms with Gasteiger partial charge in [0.05, 0.1) is 7.11 Å². The zero-order valence-electron chi connectivity index (χ0n) is 13.8. The van der Waals surface area contributed by atoms with Gasteiger partial charge in [0.2, 0.25) is 12.5 Å². The van der Waals surface area contributed by atoms with Gasteiger partial charge in [-0.25, -0.2) is 0 Å². The highest BCUT2D eigenvalue weighted by Crippen LogP contribution is 2.42.